The molecule has 2 aromatic rings. The Kier molecular flexibility index (Phi) is 4.83. The lowest BCUT2D eigenvalue weighted by Gasteiger charge is -2.24. The van der Waals surface area contributed by atoms with Crippen molar-refractivity contribution in [3.63, 3.8) is 0 Å². The van der Waals surface area contributed by atoms with Crippen LogP contribution >= 0.6 is 0 Å². The summed E-state index contributed by atoms with van der Waals surface area (Å²) in [4.78, 5) is 21.3. The molecule has 1 saturated carbocycles. The number of aromatic nitrogens is 2. The fourth-order valence-electron chi connectivity index (χ4n) is 3.80. The topological polar surface area (TPSA) is 75.6 Å². The molecule has 0 N–H and O–H groups in total. The van der Waals surface area contributed by atoms with E-state index >= 15 is 0 Å². The number of furan rings is 1. The third-order valence-electron chi connectivity index (χ3n) is 5.17. The van der Waals surface area contributed by atoms with Crippen LogP contribution in [0.2, 0.25) is 0 Å². The van der Waals surface area contributed by atoms with Crippen molar-refractivity contribution in [1.29, 1.82) is 0 Å². The van der Waals surface area contributed by atoms with E-state index in [0.29, 0.717) is 29.9 Å². The van der Waals surface area contributed by atoms with E-state index in [1.165, 1.54) is 12.8 Å². The van der Waals surface area contributed by atoms with Crippen LogP contribution in [0.1, 0.15) is 38.0 Å². The molecular weight excluding hydrogens is 320 g/mol. The molecule has 1 amide bonds. The van der Waals surface area contributed by atoms with Crippen LogP contribution in [0.5, 0.6) is 0 Å². The number of carbonyl (C=O) groups is 1. The van der Waals surface area contributed by atoms with Gasteiger partial charge in [0.1, 0.15) is 0 Å². The van der Waals surface area contributed by atoms with Crippen LogP contribution in [0.3, 0.4) is 0 Å². The summed E-state index contributed by atoms with van der Waals surface area (Å²) in [6.07, 6.45) is 7.11. The van der Waals surface area contributed by atoms with Crippen molar-refractivity contribution in [3.05, 3.63) is 24.3 Å². The maximum absolute atomic E-state index is 12.6. The Bertz CT molecular complexity index is 691. The van der Waals surface area contributed by atoms with E-state index in [-0.39, 0.29) is 5.92 Å². The Balaban J connectivity index is 1.33. The van der Waals surface area contributed by atoms with Crippen LogP contribution in [0.25, 0.3) is 11.6 Å². The van der Waals surface area contributed by atoms with Gasteiger partial charge in [-0.15, -0.1) is 0 Å². The Morgan fingerprint density at radius 3 is 2.84 bits per heavy atom. The molecule has 0 bridgehead atoms. The molecule has 3 heterocycles. The third kappa shape index (κ3) is 3.76. The van der Waals surface area contributed by atoms with E-state index in [1.54, 1.807) is 12.3 Å². The Morgan fingerprint density at radius 1 is 1.16 bits per heavy atom. The van der Waals surface area contributed by atoms with E-state index in [1.807, 2.05) is 6.07 Å². The van der Waals surface area contributed by atoms with Crippen LogP contribution in [0, 0.1) is 5.92 Å². The van der Waals surface area contributed by atoms with Crippen LogP contribution < -0.4 is 0 Å². The zero-order chi connectivity index (χ0) is 17.1. The van der Waals surface area contributed by atoms with Gasteiger partial charge in [-0.05, 0) is 31.4 Å². The highest BCUT2D eigenvalue weighted by molar-refractivity contribution is 5.79. The highest BCUT2D eigenvalue weighted by atomic mass is 16.5. The summed E-state index contributed by atoms with van der Waals surface area (Å²) in [5.41, 5.74) is 0. The van der Waals surface area contributed by atoms with Gasteiger partial charge in [-0.2, -0.15) is 4.98 Å². The summed E-state index contributed by atoms with van der Waals surface area (Å²) >= 11 is 0. The highest BCUT2D eigenvalue weighted by Crippen LogP contribution is 2.27. The van der Waals surface area contributed by atoms with Gasteiger partial charge < -0.3 is 13.8 Å². The summed E-state index contributed by atoms with van der Waals surface area (Å²) in [7, 11) is 0. The van der Waals surface area contributed by atoms with Gasteiger partial charge in [0.25, 0.3) is 0 Å². The molecule has 134 valence electrons. The molecule has 7 nitrogen and oxygen atoms in total. The van der Waals surface area contributed by atoms with E-state index in [9.17, 15) is 4.79 Å². The predicted molar refractivity (Wildman–Crippen MR) is 90.4 cm³/mol. The lowest BCUT2D eigenvalue weighted by Crippen LogP contribution is -2.38. The second-order valence-electron chi connectivity index (χ2n) is 6.93. The summed E-state index contributed by atoms with van der Waals surface area (Å²) in [5.74, 6) is 2.30. The summed E-state index contributed by atoms with van der Waals surface area (Å²) in [5, 5.41) is 3.97. The molecular formula is C18H24N4O3. The number of amides is 1. The molecule has 1 saturated heterocycles. The van der Waals surface area contributed by atoms with Gasteiger partial charge in [-0.1, -0.05) is 18.0 Å². The Morgan fingerprint density at radius 2 is 2.04 bits per heavy atom. The number of nitrogens with zero attached hydrogens (tertiary/aromatic N) is 4. The van der Waals surface area contributed by atoms with Crippen molar-refractivity contribution in [3.8, 4) is 11.6 Å². The molecule has 0 radical (unpaired) electrons. The number of carbonyl (C=O) groups excluding carboxylic acids is 1. The quantitative estimate of drug-likeness (QED) is 0.848. The fraction of sp³-hybridized carbons (Fsp3) is 0.611. The molecule has 0 atom stereocenters. The molecule has 1 aliphatic heterocycles. The summed E-state index contributed by atoms with van der Waals surface area (Å²) in [6, 6.07) is 3.61. The van der Waals surface area contributed by atoms with Crippen molar-refractivity contribution in [2.24, 2.45) is 5.92 Å². The van der Waals surface area contributed by atoms with Crippen LogP contribution in [-0.4, -0.2) is 52.0 Å². The highest BCUT2D eigenvalue weighted by Gasteiger charge is 2.28. The van der Waals surface area contributed by atoms with Crippen LogP contribution in [-0.2, 0) is 11.3 Å². The number of rotatable bonds is 4. The lowest BCUT2D eigenvalue weighted by atomic mass is 10.1. The second-order valence-corrected chi connectivity index (χ2v) is 6.93. The molecule has 2 aromatic heterocycles. The number of hydrogen-bond acceptors (Lipinski definition) is 6. The minimum absolute atomic E-state index is 0.262. The monoisotopic (exact) mass is 344 g/mol. The van der Waals surface area contributed by atoms with Crippen LogP contribution in [0.15, 0.2) is 27.3 Å². The van der Waals surface area contributed by atoms with Crippen molar-refractivity contribution in [2.75, 3.05) is 26.2 Å². The normalized spacial score (nSPS) is 20.1. The van der Waals surface area contributed by atoms with Crippen molar-refractivity contribution < 1.29 is 13.7 Å². The van der Waals surface area contributed by atoms with Gasteiger partial charge in [0.2, 0.25) is 17.6 Å². The fourth-order valence-corrected chi connectivity index (χ4v) is 3.80. The first-order chi connectivity index (χ1) is 12.3. The maximum atomic E-state index is 12.6. The number of hydrogen-bond donors (Lipinski definition) is 0. The van der Waals surface area contributed by atoms with Crippen molar-refractivity contribution in [1.82, 2.24) is 19.9 Å². The smallest absolute Gasteiger partial charge is 0.241 e. The molecule has 0 unspecified atom stereocenters. The molecule has 2 fully saturated rings. The van der Waals surface area contributed by atoms with Gasteiger partial charge in [-0.25, -0.2) is 0 Å². The Labute approximate surface area is 147 Å². The Hall–Kier alpha value is -2.15. The first-order valence-electron chi connectivity index (χ1n) is 9.17. The molecule has 2 aliphatic rings. The molecule has 0 aromatic carbocycles. The van der Waals surface area contributed by atoms with Gasteiger partial charge in [0, 0.05) is 32.1 Å². The van der Waals surface area contributed by atoms with E-state index in [0.717, 1.165) is 45.4 Å². The molecule has 0 spiro atoms. The van der Waals surface area contributed by atoms with Crippen LogP contribution in [0.4, 0.5) is 0 Å². The van der Waals surface area contributed by atoms with E-state index in [2.05, 4.69) is 19.9 Å². The molecule has 25 heavy (non-hydrogen) atoms. The zero-order valence-electron chi connectivity index (χ0n) is 14.4. The van der Waals surface area contributed by atoms with Gasteiger partial charge in [0.05, 0.1) is 12.8 Å². The average Bonchev–Trinajstić information content (AvgIpc) is 3.36. The standard InChI is InChI=1S/C18H24N4O3/c23-18(14-5-1-2-6-14)22-9-4-8-21(10-11-22)13-16-19-17(20-25-16)15-7-3-12-24-15/h3,7,12,14H,1-2,4-6,8-11,13H2. The largest absolute Gasteiger partial charge is 0.461 e. The predicted octanol–water partition coefficient (Wildman–Crippen LogP) is 2.55. The average molecular weight is 344 g/mol. The van der Waals surface area contributed by atoms with E-state index in [4.69, 9.17) is 8.94 Å². The zero-order valence-corrected chi connectivity index (χ0v) is 14.4. The molecule has 7 heteroatoms. The summed E-state index contributed by atoms with van der Waals surface area (Å²) < 4.78 is 10.6. The first-order valence-corrected chi connectivity index (χ1v) is 9.17. The van der Waals surface area contributed by atoms with Gasteiger partial charge in [-0.3, -0.25) is 9.69 Å². The summed E-state index contributed by atoms with van der Waals surface area (Å²) in [6.45, 7) is 4.03. The second kappa shape index (κ2) is 7.39. The molecule has 4 rings (SSSR count). The van der Waals surface area contributed by atoms with Crippen molar-refractivity contribution in [2.45, 2.75) is 38.6 Å². The van der Waals surface area contributed by atoms with Gasteiger partial charge in [0.15, 0.2) is 5.76 Å². The van der Waals surface area contributed by atoms with E-state index < -0.39 is 0 Å². The maximum Gasteiger partial charge on any atom is 0.241 e. The third-order valence-corrected chi connectivity index (χ3v) is 5.17. The minimum Gasteiger partial charge on any atom is -0.461 e. The molecule has 1 aliphatic carbocycles. The van der Waals surface area contributed by atoms with Gasteiger partial charge >= 0.3 is 0 Å². The SMILES string of the molecule is O=C(C1CCCC1)N1CCCN(Cc2nc(-c3ccco3)no2)CC1. The lowest BCUT2D eigenvalue weighted by molar-refractivity contribution is -0.135. The first kappa shape index (κ1) is 16.3. The minimum atomic E-state index is 0.262. The van der Waals surface area contributed by atoms with Crippen molar-refractivity contribution >= 4 is 5.91 Å².